The number of hydrogen-bond acceptors (Lipinski definition) is 0. The van der Waals surface area contributed by atoms with E-state index in [4.69, 9.17) is 0 Å². The summed E-state index contributed by atoms with van der Waals surface area (Å²) in [6.07, 6.45) is 48.7. The lowest BCUT2D eigenvalue weighted by atomic mass is 9.93. The summed E-state index contributed by atoms with van der Waals surface area (Å²) in [7, 11) is 0. The Hall–Kier alpha value is -0.790. The predicted molar refractivity (Wildman–Crippen MR) is 189 cm³/mol. The van der Waals surface area contributed by atoms with Gasteiger partial charge in [0.1, 0.15) is 12.4 Å². The molecule has 42 heavy (non-hydrogen) atoms. The molecular formula is C40H79N2+. The maximum Gasteiger partial charge on any atom is 0.257 e. The Kier molecular flexibility index (Phi) is 28.3. The van der Waals surface area contributed by atoms with E-state index in [1.54, 1.807) is 0 Å². The van der Waals surface area contributed by atoms with Gasteiger partial charge in [-0.15, -0.1) is 0 Å². The zero-order chi connectivity index (χ0) is 30.4. The van der Waals surface area contributed by atoms with Crippen molar-refractivity contribution in [3.05, 3.63) is 18.2 Å². The minimum Gasteiger partial charge on any atom is -0.247 e. The molecule has 1 heterocycles. The van der Waals surface area contributed by atoms with Crippen molar-refractivity contribution >= 4 is 0 Å². The standard InChI is InChI=1S/C40H78N2/c1-5-8-11-14-16-18-19-20-21-22-23-25-27-29-32-35-39(34-31-13-10-7-3)40-41-36-37-42(40)38(4)33-30-28-26-24-17-15-12-9-6-2/h36-39H,5-35H2,1-4H3/p+1. The van der Waals surface area contributed by atoms with Crippen molar-refractivity contribution in [3.8, 4) is 0 Å². The van der Waals surface area contributed by atoms with Crippen LogP contribution in [0.25, 0.3) is 0 Å². The molecule has 0 fully saturated rings. The molecule has 0 radical (unpaired) electrons. The second-order valence-corrected chi connectivity index (χ2v) is 14.0. The highest BCUT2D eigenvalue weighted by Gasteiger charge is 2.25. The van der Waals surface area contributed by atoms with Gasteiger partial charge in [0.2, 0.25) is 0 Å². The van der Waals surface area contributed by atoms with Crippen molar-refractivity contribution in [1.29, 1.82) is 0 Å². The van der Waals surface area contributed by atoms with E-state index in [1.165, 1.54) is 205 Å². The number of nitrogens with one attached hydrogen (secondary N) is 1. The van der Waals surface area contributed by atoms with Crippen LogP contribution in [0.2, 0.25) is 0 Å². The average molecular weight is 588 g/mol. The molecule has 0 amide bonds. The zero-order valence-corrected chi connectivity index (χ0v) is 29.7. The Morgan fingerprint density at radius 2 is 0.762 bits per heavy atom. The summed E-state index contributed by atoms with van der Waals surface area (Å²) in [4.78, 5) is 3.73. The molecule has 1 rings (SSSR count). The third-order valence-electron chi connectivity index (χ3n) is 9.89. The van der Waals surface area contributed by atoms with Crippen molar-refractivity contribution in [1.82, 2.24) is 4.98 Å². The van der Waals surface area contributed by atoms with E-state index in [2.05, 4.69) is 49.6 Å². The Morgan fingerprint density at radius 3 is 1.14 bits per heavy atom. The number of nitrogens with zero attached hydrogens (tertiary/aromatic N) is 1. The normalized spacial score (nSPS) is 13.1. The highest BCUT2D eigenvalue weighted by atomic mass is 15.1. The lowest BCUT2D eigenvalue weighted by Gasteiger charge is -2.17. The van der Waals surface area contributed by atoms with Gasteiger partial charge in [-0.1, -0.05) is 194 Å². The third-order valence-corrected chi connectivity index (χ3v) is 9.89. The molecule has 2 nitrogen and oxygen atoms in total. The highest BCUT2D eigenvalue weighted by Crippen LogP contribution is 2.27. The van der Waals surface area contributed by atoms with Crippen LogP contribution >= 0.6 is 0 Å². The molecule has 0 saturated carbocycles. The summed E-state index contributed by atoms with van der Waals surface area (Å²) >= 11 is 0. The zero-order valence-electron chi connectivity index (χ0n) is 29.7. The Bertz CT molecular complexity index is 650. The van der Waals surface area contributed by atoms with Gasteiger partial charge in [0.15, 0.2) is 0 Å². The van der Waals surface area contributed by atoms with Crippen LogP contribution in [0.1, 0.15) is 245 Å². The Balaban J connectivity index is 2.27. The van der Waals surface area contributed by atoms with Crippen LogP contribution in [0.15, 0.2) is 12.4 Å². The first-order chi connectivity index (χ1) is 20.7. The molecule has 1 aromatic rings. The molecule has 1 N–H and O–H groups in total. The summed E-state index contributed by atoms with van der Waals surface area (Å²) in [6, 6.07) is 0.620. The first kappa shape index (κ1) is 39.2. The molecule has 0 aromatic carbocycles. The van der Waals surface area contributed by atoms with Crippen molar-refractivity contribution in [3.63, 3.8) is 0 Å². The number of rotatable bonds is 33. The molecule has 248 valence electrons. The largest absolute Gasteiger partial charge is 0.257 e. The summed E-state index contributed by atoms with van der Waals surface area (Å²) in [5, 5.41) is 0. The maximum absolute atomic E-state index is 3.73. The summed E-state index contributed by atoms with van der Waals surface area (Å²) in [5.74, 6) is 2.24. The van der Waals surface area contributed by atoms with Crippen molar-refractivity contribution in [2.45, 2.75) is 239 Å². The predicted octanol–water partition coefficient (Wildman–Crippen LogP) is 14.1. The SMILES string of the molecule is CCCCCCCCCCCCCCCCCC(CCCCCC)c1[nH]cc[n+]1C(C)CCCCCCCCCCC. The quantitative estimate of drug-likeness (QED) is 0.0623. The number of H-pyrrole nitrogens is 1. The van der Waals surface area contributed by atoms with Crippen molar-refractivity contribution < 1.29 is 4.57 Å². The van der Waals surface area contributed by atoms with Gasteiger partial charge in [0, 0.05) is 0 Å². The fourth-order valence-electron chi connectivity index (χ4n) is 6.96. The Labute approximate surface area is 266 Å². The first-order valence-corrected chi connectivity index (χ1v) is 19.8. The van der Waals surface area contributed by atoms with E-state index in [0.29, 0.717) is 12.0 Å². The Morgan fingerprint density at radius 1 is 0.452 bits per heavy atom. The fourth-order valence-corrected chi connectivity index (χ4v) is 6.96. The van der Waals surface area contributed by atoms with Gasteiger partial charge in [-0.2, -0.15) is 0 Å². The number of imidazole rings is 1. The molecule has 0 saturated heterocycles. The number of hydrogen-bond donors (Lipinski definition) is 1. The van der Waals surface area contributed by atoms with E-state index in [9.17, 15) is 0 Å². The third kappa shape index (κ3) is 21.8. The molecule has 0 spiro atoms. The van der Waals surface area contributed by atoms with Crippen LogP contribution < -0.4 is 4.57 Å². The van der Waals surface area contributed by atoms with Crippen LogP contribution in [0, 0.1) is 0 Å². The lowest BCUT2D eigenvalue weighted by molar-refractivity contribution is -0.727. The molecule has 0 aliphatic carbocycles. The molecule has 0 aliphatic heterocycles. The molecule has 2 heteroatoms. The van der Waals surface area contributed by atoms with E-state index in [-0.39, 0.29) is 0 Å². The molecule has 1 aromatic heterocycles. The summed E-state index contributed by atoms with van der Waals surface area (Å²) < 4.78 is 2.63. The van der Waals surface area contributed by atoms with E-state index in [0.717, 1.165) is 0 Å². The molecule has 2 atom stereocenters. The van der Waals surface area contributed by atoms with Crippen LogP contribution in [-0.4, -0.2) is 4.98 Å². The lowest BCUT2D eigenvalue weighted by Crippen LogP contribution is -2.41. The van der Waals surface area contributed by atoms with Gasteiger partial charge in [-0.3, -0.25) is 0 Å². The molecule has 0 bridgehead atoms. The topological polar surface area (TPSA) is 19.7 Å². The van der Waals surface area contributed by atoms with Crippen LogP contribution in [-0.2, 0) is 0 Å². The van der Waals surface area contributed by atoms with Crippen molar-refractivity contribution in [2.24, 2.45) is 0 Å². The van der Waals surface area contributed by atoms with Crippen molar-refractivity contribution in [2.75, 3.05) is 0 Å². The van der Waals surface area contributed by atoms with E-state index >= 15 is 0 Å². The van der Waals surface area contributed by atoms with E-state index in [1.807, 2.05) is 0 Å². The van der Waals surface area contributed by atoms with Gasteiger partial charge in [0.05, 0.1) is 12.0 Å². The van der Waals surface area contributed by atoms with Crippen LogP contribution in [0.3, 0.4) is 0 Å². The number of aromatic nitrogens is 2. The molecule has 0 aliphatic rings. The first-order valence-electron chi connectivity index (χ1n) is 19.8. The van der Waals surface area contributed by atoms with Gasteiger partial charge in [0.25, 0.3) is 5.82 Å². The smallest absolute Gasteiger partial charge is 0.247 e. The molecule has 2 unspecified atom stereocenters. The van der Waals surface area contributed by atoms with Gasteiger partial charge in [-0.05, 0) is 32.6 Å². The number of unbranched alkanes of at least 4 members (excludes halogenated alkanes) is 25. The summed E-state index contributed by atoms with van der Waals surface area (Å²) in [6.45, 7) is 9.42. The van der Waals surface area contributed by atoms with Crippen LogP contribution in [0.5, 0.6) is 0 Å². The monoisotopic (exact) mass is 588 g/mol. The second-order valence-electron chi connectivity index (χ2n) is 14.0. The van der Waals surface area contributed by atoms with Gasteiger partial charge >= 0.3 is 0 Å². The van der Waals surface area contributed by atoms with Crippen LogP contribution in [0.4, 0.5) is 0 Å². The van der Waals surface area contributed by atoms with Gasteiger partial charge < -0.3 is 0 Å². The van der Waals surface area contributed by atoms with Gasteiger partial charge in [-0.25, -0.2) is 9.55 Å². The fraction of sp³-hybridized carbons (Fsp3) is 0.925. The second kappa shape index (κ2) is 30.2. The maximum atomic E-state index is 3.73. The summed E-state index contributed by atoms with van der Waals surface area (Å²) in [5.41, 5.74) is 0. The molecular weight excluding hydrogens is 508 g/mol. The highest BCUT2D eigenvalue weighted by molar-refractivity contribution is 4.90. The minimum absolute atomic E-state index is 0.620. The minimum atomic E-state index is 0.620. The average Bonchev–Trinajstić information content (AvgIpc) is 3.49. The number of aromatic amines is 1. The van der Waals surface area contributed by atoms with E-state index < -0.39 is 0 Å².